The van der Waals surface area contributed by atoms with E-state index in [1.54, 1.807) is 17.0 Å². The molecule has 11 nitrogen and oxygen atoms in total. The van der Waals surface area contributed by atoms with Crippen molar-refractivity contribution in [2.24, 2.45) is 0 Å². The van der Waals surface area contributed by atoms with Gasteiger partial charge in [-0.3, -0.25) is 14.9 Å². The van der Waals surface area contributed by atoms with Gasteiger partial charge in [0.2, 0.25) is 0 Å². The van der Waals surface area contributed by atoms with Crippen LogP contribution in [0.15, 0.2) is 48.5 Å². The summed E-state index contributed by atoms with van der Waals surface area (Å²) >= 11 is 0. The Hall–Kier alpha value is -4.15. The number of nitrogens with zero attached hydrogens (tertiary/aromatic N) is 2. The number of nitrogens with one attached hydrogen (secondary N) is 1. The molecular formula is C25H29N3O8. The maximum absolute atomic E-state index is 12.5. The van der Waals surface area contributed by atoms with Crippen molar-refractivity contribution < 1.29 is 33.5 Å². The van der Waals surface area contributed by atoms with E-state index in [0.29, 0.717) is 37.2 Å². The van der Waals surface area contributed by atoms with Crippen LogP contribution in [-0.4, -0.2) is 59.2 Å². The zero-order valence-corrected chi connectivity index (χ0v) is 20.4. The average molecular weight is 500 g/mol. The molecule has 2 amide bonds. The average Bonchev–Trinajstić information content (AvgIpc) is 2.82. The lowest BCUT2D eigenvalue weighted by Gasteiger charge is -2.33. The topological polar surface area (TPSA) is 137 Å². The highest BCUT2D eigenvalue weighted by molar-refractivity contribution is 5.93. The molecule has 1 saturated heterocycles. The Morgan fingerprint density at radius 2 is 1.75 bits per heavy atom. The molecule has 0 unspecified atom stereocenters. The number of likely N-dealkylation sites (tertiary alicyclic amines) is 1. The van der Waals surface area contributed by atoms with Crippen LogP contribution in [0.25, 0.3) is 0 Å². The minimum Gasteiger partial charge on any atom is -0.484 e. The minimum absolute atomic E-state index is 0.135. The summed E-state index contributed by atoms with van der Waals surface area (Å²) in [6, 6.07) is 11.7. The third-order valence-electron chi connectivity index (χ3n) is 5.17. The summed E-state index contributed by atoms with van der Waals surface area (Å²) in [5.41, 5.74) is 0.0775. The molecule has 0 radical (unpaired) electrons. The molecule has 3 rings (SSSR count). The summed E-state index contributed by atoms with van der Waals surface area (Å²) < 4.78 is 16.2. The smallest absolute Gasteiger partial charge is 0.410 e. The number of amides is 2. The molecule has 1 aliphatic rings. The molecular weight excluding hydrogens is 470 g/mol. The fourth-order valence-electron chi connectivity index (χ4n) is 3.42. The van der Waals surface area contributed by atoms with E-state index >= 15 is 0 Å². The predicted molar refractivity (Wildman–Crippen MR) is 130 cm³/mol. The maximum Gasteiger partial charge on any atom is 0.410 e. The van der Waals surface area contributed by atoms with Crippen molar-refractivity contribution in [3.05, 3.63) is 64.2 Å². The molecule has 0 spiro atoms. The standard InChI is InChI=1S/C25H29N3O8/c1-25(2,3)36-24(31)27-13-11-20(12-14-27)35-23(30)17-7-9-18(10-8-17)26-22(29)16-34-21-6-4-5-19(15-21)28(32)33/h4-10,15,20H,11-14,16H2,1-3H3,(H,26,29). The number of hydrogen-bond donors (Lipinski definition) is 1. The molecule has 2 aromatic carbocycles. The number of ether oxygens (including phenoxy) is 3. The number of carbonyl (C=O) groups excluding carboxylic acids is 3. The van der Waals surface area contributed by atoms with Gasteiger partial charge in [0.25, 0.3) is 11.6 Å². The fourth-order valence-corrected chi connectivity index (χ4v) is 3.42. The first-order chi connectivity index (χ1) is 17.0. The lowest BCUT2D eigenvalue weighted by molar-refractivity contribution is -0.384. The van der Waals surface area contributed by atoms with Crippen molar-refractivity contribution in [3.63, 3.8) is 0 Å². The van der Waals surface area contributed by atoms with E-state index in [2.05, 4.69) is 5.32 Å². The van der Waals surface area contributed by atoms with Gasteiger partial charge in [-0.15, -0.1) is 0 Å². The molecule has 11 heteroatoms. The van der Waals surface area contributed by atoms with Crippen LogP contribution in [0.1, 0.15) is 44.0 Å². The Morgan fingerprint density at radius 3 is 2.36 bits per heavy atom. The van der Waals surface area contributed by atoms with E-state index in [9.17, 15) is 24.5 Å². The normalized spacial score (nSPS) is 14.0. The first kappa shape index (κ1) is 26.5. The lowest BCUT2D eigenvalue weighted by Crippen LogP contribution is -2.43. The second-order valence-electron chi connectivity index (χ2n) is 9.24. The zero-order valence-electron chi connectivity index (χ0n) is 20.4. The Kier molecular flexibility index (Phi) is 8.46. The lowest BCUT2D eigenvalue weighted by atomic mass is 10.1. The van der Waals surface area contributed by atoms with Crippen molar-refractivity contribution >= 4 is 29.3 Å². The second kappa shape index (κ2) is 11.5. The number of carbonyl (C=O) groups is 3. The molecule has 36 heavy (non-hydrogen) atoms. The van der Waals surface area contributed by atoms with Gasteiger partial charge in [-0.1, -0.05) is 6.07 Å². The van der Waals surface area contributed by atoms with Crippen molar-refractivity contribution in [2.75, 3.05) is 25.0 Å². The number of hydrogen-bond acceptors (Lipinski definition) is 8. The Bertz CT molecular complexity index is 1100. The molecule has 2 aromatic rings. The number of nitro groups is 1. The molecule has 1 aliphatic heterocycles. The molecule has 1 N–H and O–H groups in total. The monoisotopic (exact) mass is 499 g/mol. The van der Waals surface area contributed by atoms with Crippen LogP contribution in [-0.2, 0) is 14.3 Å². The van der Waals surface area contributed by atoms with Crippen LogP contribution >= 0.6 is 0 Å². The summed E-state index contributed by atoms with van der Waals surface area (Å²) in [7, 11) is 0. The zero-order chi connectivity index (χ0) is 26.3. The van der Waals surface area contributed by atoms with Crippen LogP contribution in [0.5, 0.6) is 5.75 Å². The second-order valence-corrected chi connectivity index (χ2v) is 9.24. The van der Waals surface area contributed by atoms with Gasteiger partial charge in [0.15, 0.2) is 6.61 Å². The minimum atomic E-state index is -0.565. The van der Waals surface area contributed by atoms with Crippen molar-refractivity contribution in [2.45, 2.75) is 45.3 Å². The number of esters is 1. The van der Waals surface area contributed by atoms with Gasteiger partial charge < -0.3 is 24.4 Å². The molecule has 0 saturated carbocycles. The number of rotatable bonds is 7. The van der Waals surface area contributed by atoms with E-state index in [4.69, 9.17) is 14.2 Å². The van der Waals surface area contributed by atoms with Crippen LogP contribution in [0.2, 0.25) is 0 Å². The molecule has 1 heterocycles. The maximum atomic E-state index is 12.5. The third-order valence-corrected chi connectivity index (χ3v) is 5.17. The predicted octanol–water partition coefficient (Wildman–Crippen LogP) is 4.17. The highest BCUT2D eigenvalue weighted by atomic mass is 16.6. The van der Waals surface area contributed by atoms with Crippen molar-refractivity contribution in [1.29, 1.82) is 0 Å². The number of nitro benzene ring substituents is 1. The largest absolute Gasteiger partial charge is 0.484 e. The molecule has 192 valence electrons. The van der Waals surface area contributed by atoms with Gasteiger partial charge in [-0.25, -0.2) is 9.59 Å². The third kappa shape index (κ3) is 7.97. The van der Waals surface area contributed by atoms with Gasteiger partial charge in [0.1, 0.15) is 17.5 Å². The van der Waals surface area contributed by atoms with Gasteiger partial charge in [-0.2, -0.15) is 0 Å². The summed E-state index contributed by atoms with van der Waals surface area (Å²) in [5, 5.41) is 13.4. The van der Waals surface area contributed by atoms with Crippen molar-refractivity contribution in [1.82, 2.24) is 4.90 Å². The Labute approximate surface area is 208 Å². The van der Waals surface area contributed by atoms with Crippen LogP contribution < -0.4 is 10.1 Å². The highest BCUT2D eigenvalue weighted by Crippen LogP contribution is 2.20. The molecule has 1 fully saturated rings. The molecule has 0 atom stereocenters. The number of anilines is 1. The first-order valence-electron chi connectivity index (χ1n) is 11.5. The molecule has 0 bridgehead atoms. The van der Waals surface area contributed by atoms with E-state index in [1.807, 2.05) is 20.8 Å². The van der Waals surface area contributed by atoms with E-state index in [1.165, 1.54) is 36.4 Å². The van der Waals surface area contributed by atoms with Gasteiger partial charge in [0.05, 0.1) is 16.6 Å². The Morgan fingerprint density at radius 1 is 1.08 bits per heavy atom. The summed E-state index contributed by atoms with van der Waals surface area (Å²) in [4.78, 5) is 48.7. The fraction of sp³-hybridized carbons (Fsp3) is 0.400. The van der Waals surface area contributed by atoms with Crippen LogP contribution in [0, 0.1) is 10.1 Å². The van der Waals surface area contributed by atoms with Gasteiger partial charge >= 0.3 is 12.1 Å². The summed E-state index contributed by atoms with van der Waals surface area (Å²) in [6.45, 7) is 5.97. The summed E-state index contributed by atoms with van der Waals surface area (Å²) in [6.07, 6.45) is 0.356. The van der Waals surface area contributed by atoms with E-state index in [0.717, 1.165) is 0 Å². The SMILES string of the molecule is CC(C)(C)OC(=O)N1CCC(OC(=O)c2ccc(NC(=O)COc3cccc([N+](=O)[O-])c3)cc2)CC1. The quantitative estimate of drug-likeness (QED) is 0.340. The number of non-ortho nitro benzene ring substituents is 1. The molecule has 0 aliphatic carbocycles. The van der Waals surface area contributed by atoms with Crippen LogP contribution in [0.4, 0.5) is 16.2 Å². The first-order valence-corrected chi connectivity index (χ1v) is 11.5. The van der Waals surface area contributed by atoms with E-state index in [-0.39, 0.29) is 30.2 Å². The van der Waals surface area contributed by atoms with Gasteiger partial charge in [0, 0.05) is 37.7 Å². The molecule has 0 aromatic heterocycles. The van der Waals surface area contributed by atoms with E-state index < -0.39 is 22.4 Å². The van der Waals surface area contributed by atoms with Crippen molar-refractivity contribution in [3.8, 4) is 5.75 Å². The number of piperidine rings is 1. The summed E-state index contributed by atoms with van der Waals surface area (Å²) in [5.74, 6) is -0.749. The Balaban J connectivity index is 1.43. The van der Waals surface area contributed by atoms with Crippen LogP contribution in [0.3, 0.4) is 0 Å². The number of benzene rings is 2. The highest BCUT2D eigenvalue weighted by Gasteiger charge is 2.28. The van der Waals surface area contributed by atoms with Gasteiger partial charge in [-0.05, 0) is 51.1 Å².